The van der Waals surface area contributed by atoms with Crippen LogP contribution in [0.1, 0.15) is 16.1 Å². The highest BCUT2D eigenvalue weighted by Crippen LogP contribution is 2.14. The summed E-state index contributed by atoms with van der Waals surface area (Å²) in [6.45, 7) is 0.637. The molecule has 0 radical (unpaired) electrons. The molecule has 0 saturated heterocycles. The van der Waals surface area contributed by atoms with E-state index in [1.54, 1.807) is 11.7 Å². The first-order chi connectivity index (χ1) is 9.11. The number of methoxy groups -OCH3 is 1. The second-order valence-electron chi connectivity index (χ2n) is 4.13. The van der Waals surface area contributed by atoms with E-state index >= 15 is 0 Å². The van der Waals surface area contributed by atoms with E-state index in [2.05, 4.69) is 4.98 Å². The molecule has 1 aromatic heterocycles. The first-order valence-electron chi connectivity index (χ1n) is 5.85. The molecule has 0 fully saturated rings. The third-order valence-corrected chi connectivity index (χ3v) is 2.91. The van der Waals surface area contributed by atoms with Crippen LogP contribution in [0.5, 0.6) is 5.75 Å². The number of aryl methyl sites for hydroxylation is 2. The van der Waals surface area contributed by atoms with E-state index in [4.69, 9.17) is 16.2 Å². The predicted molar refractivity (Wildman–Crippen MR) is 71.9 cm³/mol. The molecule has 0 bridgehead atoms. The molecule has 1 aromatic carbocycles. The number of primary amides is 1. The Morgan fingerprint density at radius 3 is 2.58 bits per heavy atom. The van der Waals surface area contributed by atoms with Crippen molar-refractivity contribution < 1.29 is 9.53 Å². The van der Waals surface area contributed by atoms with Gasteiger partial charge in [-0.2, -0.15) is 0 Å². The largest absolute Gasteiger partial charge is 0.497 e. The van der Waals surface area contributed by atoms with Gasteiger partial charge in [-0.3, -0.25) is 4.79 Å². The number of nitrogen functional groups attached to an aromatic ring is 1. The van der Waals surface area contributed by atoms with E-state index in [1.165, 1.54) is 6.33 Å². The maximum absolute atomic E-state index is 11.0. The fourth-order valence-corrected chi connectivity index (χ4v) is 1.80. The number of hydrogen-bond acceptors (Lipinski definition) is 4. The molecule has 100 valence electrons. The van der Waals surface area contributed by atoms with Crippen molar-refractivity contribution in [3.05, 3.63) is 41.9 Å². The second kappa shape index (κ2) is 5.43. The molecule has 19 heavy (non-hydrogen) atoms. The van der Waals surface area contributed by atoms with E-state index in [0.29, 0.717) is 12.4 Å². The summed E-state index contributed by atoms with van der Waals surface area (Å²) < 4.78 is 6.81. The maximum atomic E-state index is 11.0. The van der Waals surface area contributed by atoms with Gasteiger partial charge in [0.2, 0.25) is 0 Å². The lowest BCUT2D eigenvalue weighted by Crippen LogP contribution is -2.15. The number of aromatic nitrogens is 2. The Labute approximate surface area is 111 Å². The van der Waals surface area contributed by atoms with Crippen molar-refractivity contribution in [2.24, 2.45) is 5.73 Å². The van der Waals surface area contributed by atoms with Gasteiger partial charge >= 0.3 is 0 Å². The van der Waals surface area contributed by atoms with Crippen LogP contribution in [0.15, 0.2) is 30.6 Å². The lowest BCUT2D eigenvalue weighted by atomic mass is 10.1. The SMILES string of the molecule is COc1ccc(CCn2cnc(C(N)=O)c2N)cc1. The number of rotatable bonds is 5. The normalized spacial score (nSPS) is 10.4. The van der Waals surface area contributed by atoms with E-state index in [-0.39, 0.29) is 5.69 Å². The number of amides is 1. The van der Waals surface area contributed by atoms with E-state index < -0.39 is 5.91 Å². The quantitative estimate of drug-likeness (QED) is 0.831. The van der Waals surface area contributed by atoms with Crippen molar-refractivity contribution in [2.45, 2.75) is 13.0 Å². The number of carbonyl (C=O) groups excluding carboxylic acids is 1. The number of benzene rings is 1. The topological polar surface area (TPSA) is 96.2 Å². The van der Waals surface area contributed by atoms with Crippen LogP contribution >= 0.6 is 0 Å². The lowest BCUT2D eigenvalue weighted by molar-refractivity contribution is 0.0997. The molecule has 6 heteroatoms. The Balaban J connectivity index is 2.03. The first kappa shape index (κ1) is 12.9. The van der Waals surface area contributed by atoms with Gasteiger partial charge in [-0.05, 0) is 24.1 Å². The molecule has 0 unspecified atom stereocenters. The Hall–Kier alpha value is -2.50. The van der Waals surface area contributed by atoms with Crippen molar-refractivity contribution in [3.8, 4) is 5.75 Å². The highest BCUT2D eigenvalue weighted by Gasteiger charge is 2.12. The zero-order valence-corrected chi connectivity index (χ0v) is 10.7. The molecule has 0 aliphatic heterocycles. The fraction of sp³-hybridized carbons (Fsp3) is 0.231. The Morgan fingerprint density at radius 1 is 1.37 bits per heavy atom. The Morgan fingerprint density at radius 2 is 2.05 bits per heavy atom. The molecule has 1 amide bonds. The molecule has 0 saturated carbocycles. The number of hydrogen-bond donors (Lipinski definition) is 2. The first-order valence-corrected chi connectivity index (χ1v) is 5.85. The van der Waals surface area contributed by atoms with Crippen molar-refractivity contribution in [3.63, 3.8) is 0 Å². The van der Waals surface area contributed by atoms with Gasteiger partial charge in [0.05, 0.1) is 13.4 Å². The third kappa shape index (κ3) is 2.85. The summed E-state index contributed by atoms with van der Waals surface area (Å²) in [7, 11) is 1.63. The van der Waals surface area contributed by atoms with Crippen LogP contribution < -0.4 is 16.2 Å². The lowest BCUT2D eigenvalue weighted by Gasteiger charge is -2.06. The van der Waals surface area contributed by atoms with Crippen LogP contribution in [0.3, 0.4) is 0 Å². The van der Waals surface area contributed by atoms with Gasteiger partial charge in [0.15, 0.2) is 5.69 Å². The minimum absolute atomic E-state index is 0.120. The molecule has 0 aliphatic carbocycles. The van der Waals surface area contributed by atoms with Crippen LogP contribution in [0.25, 0.3) is 0 Å². The molecule has 2 rings (SSSR count). The summed E-state index contributed by atoms with van der Waals surface area (Å²) in [5, 5.41) is 0. The zero-order chi connectivity index (χ0) is 13.8. The molecule has 0 spiro atoms. The summed E-state index contributed by atoms with van der Waals surface area (Å²) in [5.41, 5.74) is 12.2. The molecule has 1 heterocycles. The van der Waals surface area contributed by atoms with Gasteiger partial charge in [-0.15, -0.1) is 0 Å². The molecule has 2 aromatic rings. The Kier molecular flexibility index (Phi) is 3.70. The molecule has 6 nitrogen and oxygen atoms in total. The van der Waals surface area contributed by atoms with Crippen LogP contribution in [-0.2, 0) is 13.0 Å². The summed E-state index contributed by atoms with van der Waals surface area (Å²) >= 11 is 0. The van der Waals surface area contributed by atoms with Gasteiger partial charge < -0.3 is 20.8 Å². The van der Waals surface area contributed by atoms with Crippen molar-refractivity contribution >= 4 is 11.7 Å². The standard InChI is InChI=1S/C13H16N4O2/c1-19-10-4-2-9(3-5-10)6-7-17-8-16-11(12(17)14)13(15)18/h2-5,8H,6-7,14H2,1H3,(H2,15,18). The molecule has 0 atom stereocenters. The zero-order valence-electron chi connectivity index (χ0n) is 10.7. The smallest absolute Gasteiger partial charge is 0.271 e. The minimum Gasteiger partial charge on any atom is -0.497 e. The molecule has 4 N–H and O–H groups in total. The number of anilines is 1. The van der Waals surface area contributed by atoms with E-state index in [9.17, 15) is 4.79 Å². The predicted octanol–water partition coefficient (Wildman–Crippen LogP) is 0.815. The van der Waals surface area contributed by atoms with E-state index in [0.717, 1.165) is 17.7 Å². The molecule has 0 aliphatic rings. The summed E-state index contributed by atoms with van der Waals surface area (Å²) in [6, 6.07) is 7.78. The van der Waals surface area contributed by atoms with Gasteiger partial charge in [-0.1, -0.05) is 12.1 Å². The van der Waals surface area contributed by atoms with E-state index in [1.807, 2.05) is 24.3 Å². The summed E-state index contributed by atoms with van der Waals surface area (Å²) in [5.74, 6) is 0.517. The highest BCUT2D eigenvalue weighted by molar-refractivity contribution is 5.95. The molecular formula is C13H16N4O2. The number of nitrogens with two attached hydrogens (primary N) is 2. The van der Waals surface area contributed by atoms with Crippen molar-refractivity contribution in [1.29, 1.82) is 0 Å². The maximum Gasteiger partial charge on any atom is 0.271 e. The molecular weight excluding hydrogens is 244 g/mol. The van der Waals surface area contributed by atoms with Crippen LogP contribution in [0, 0.1) is 0 Å². The van der Waals surface area contributed by atoms with Gasteiger partial charge in [0.25, 0.3) is 5.91 Å². The second-order valence-corrected chi connectivity index (χ2v) is 4.13. The van der Waals surface area contributed by atoms with Gasteiger partial charge in [0, 0.05) is 6.54 Å². The van der Waals surface area contributed by atoms with Gasteiger partial charge in [-0.25, -0.2) is 4.98 Å². The monoisotopic (exact) mass is 260 g/mol. The average molecular weight is 260 g/mol. The highest BCUT2D eigenvalue weighted by atomic mass is 16.5. The number of nitrogens with zero attached hydrogens (tertiary/aromatic N) is 2. The number of ether oxygens (including phenoxy) is 1. The Bertz CT molecular complexity index is 575. The minimum atomic E-state index is -0.610. The van der Waals surface area contributed by atoms with Crippen LogP contribution in [0.4, 0.5) is 5.82 Å². The fourth-order valence-electron chi connectivity index (χ4n) is 1.80. The number of imidazole rings is 1. The average Bonchev–Trinajstić information content (AvgIpc) is 2.78. The third-order valence-electron chi connectivity index (χ3n) is 2.91. The van der Waals surface area contributed by atoms with Crippen molar-refractivity contribution in [2.75, 3.05) is 12.8 Å². The number of carbonyl (C=O) groups is 1. The van der Waals surface area contributed by atoms with Crippen molar-refractivity contribution in [1.82, 2.24) is 9.55 Å². The van der Waals surface area contributed by atoms with Gasteiger partial charge in [0.1, 0.15) is 11.6 Å². The van der Waals surface area contributed by atoms with Crippen LogP contribution in [0.2, 0.25) is 0 Å². The van der Waals surface area contributed by atoms with Crippen LogP contribution in [-0.4, -0.2) is 22.6 Å². The summed E-state index contributed by atoms with van der Waals surface area (Å²) in [4.78, 5) is 14.9. The summed E-state index contributed by atoms with van der Waals surface area (Å²) in [6.07, 6.45) is 2.31.